The smallest absolute Gasteiger partial charge is 0.257 e. The largest absolute Gasteiger partial charge is 0.354 e. The van der Waals surface area contributed by atoms with E-state index in [1.807, 2.05) is 0 Å². The maximum absolute atomic E-state index is 13.1. The number of carbonyl (C=O) groups excluding carboxylic acids is 3. The molecule has 0 saturated carbocycles. The molecule has 1 saturated heterocycles. The third kappa shape index (κ3) is 4.87. The molecule has 1 unspecified atom stereocenters. The van der Waals surface area contributed by atoms with Crippen LogP contribution in [-0.2, 0) is 30.3 Å². The molecule has 0 spiro atoms. The van der Waals surface area contributed by atoms with E-state index >= 15 is 0 Å². The second-order valence-electron chi connectivity index (χ2n) is 6.87. The van der Waals surface area contributed by atoms with Gasteiger partial charge in [0.2, 0.25) is 11.8 Å². The molecule has 1 heterocycles. The normalized spacial score (nSPS) is 16.4. The van der Waals surface area contributed by atoms with Crippen molar-refractivity contribution in [2.75, 3.05) is 25.7 Å². The number of carbonyl (C=O) groups is 3. The average molecular weight is 431 g/mol. The topological polar surface area (TPSA) is 76.2 Å². The maximum atomic E-state index is 13.1. The lowest BCUT2D eigenvalue weighted by atomic mass is 10.1. The summed E-state index contributed by atoms with van der Waals surface area (Å²) in [5, 5.41) is 0.567. The highest BCUT2D eigenvalue weighted by Crippen LogP contribution is 2.26. The summed E-state index contributed by atoms with van der Waals surface area (Å²) in [5.41, 5.74) is 1.23. The van der Waals surface area contributed by atoms with Crippen LogP contribution in [0.25, 0.3) is 0 Å². The zero-order valence-corrected chi connectivity index (χ0v) is 17.5. The number of hydrogen-bond acceptors (Lipinski definition) is 5. The first kappa shape index (κ1) is 22.0. The van der Waals surface area contributed by atoms with Crippen molar-refractivity contribution in [1.29, 1.82) is 0 Å². The molecule has 2 aromatic carbocycles. The van der Waals surface area contributed by atoms with E-state index in [1.54, 1.807) is 54.6 Å². The molecular formula is C22H23ClN2O5. The Bertz CT molecular complexity index is 900. The molecule has 0 N–H and O–H groups in total. The third-order valence-corrected chi connectivity index (χ3v) is 5.23. The minimum atomic E-state index is -0.926. The Morgan fingerprint density at radius 2 is 1.73 bits per heavy atom. The second-order valence-corrected chi connectivity index (χ2v) is 7.31. The number of para-hydroxylation sites is 1. The van der Waals surface area contributed by atoms with Crippen molar-refractivity contribution >= 4 is 35.0 Å². The molecule has 1 atom stereocenters. The first-order valence-corrected chi connectivity index (χ1v) is 9.83. The predicted molar refractivity (Wildman–Crippen MR) is 112 cm³/mol. The van der Waals surface area contributed by atoms with Gasteiger partial charge in [0.1, 0.15) is 6.04 Å². The fourth-order valence-corrected chi connectivity index (χ4v) is 3.52. The molecule has 0 aromatic heterocycles. The van der Waals surface area contributed by atoms with E-state index in [1.165, 1.54) is 19.1 Å². The Hall–Kier alpha value is -2.74. The summed E-state index contributed by atoms with van der Waals surface area (Å²) in [6.45, 7) is 0.0196. The van der Waals surface area contributed by atoms with Gasteiger partial charge in [0.15, 0.2) is 6.29 Å². The van der Waals surface area contributed by atoms with Crippen molar-refractivity contribution in [2.45, 2.75) is 25.2 Å². The summed E-state index contributed by atoms with van der Waals surface area (Å²) >= 11 is 5.91. The number of imide groups is 1. The van der Waals surface area contributed by atoms with Crippen LogP contribution < -0.4 is 4.90 Å². The van der Waals surface area contributed by atoms with E-state index in [4.69, 9.17) is 21.1 Å². The number of nitrogens with zero attached hydrogens (tertiary/aromatic N) is 2. The van der Waals surface area contributed by atoms with Gasteiger partial charge in [-0.3, -0.25) is 14.4 Å². The van der Waals surface area contributed by atoms with Crippen LogP contribution in [0.2, 0.25) is 5.02 Å². The van der Waals surface area contributed by atoms with E-state index in [2.05, 4.69) is 0 Å². The third-order valence-electron chi connectivity index (χ3n) is 4.97. The monoisotopic (exact) mass is 430 g/mol. The van der Waals surface area contributed by atoms with Crippen molar-refractivity contribution in [3.05, 3.63) is 65.2 Å². The van der Waals surface area contributed by atoms with Crippen LogP contribution in [0.15, 0.2) is 54.6 Å². The number of amides is 3. The summed E-state index contributed by atoms with van der Waals surface area (Å²) in [6, 6.07) is 14.6. The number of anilines is 1. The Kier molecular flexibility index (Phi) is 7.20. The minimum Gasteiger partial charge on any atom is -0.354 e. The van der Waals surface area contributed by atoms with E-state index in [9.17, 15) is 14.4 Å². The Labute approximate surface area is 180 Å². The van der Waals surface area contributed by atoms with Gasteiger partial charge in [0.05, 0.1) is 25.1 Å². The van der Waals surface area contributed by atoms with Gasteiger partial charge in [-0.1, -0.05) is 41.9 Å². The van der Waals surface area contributed by atoms with Crippen LogP contribution in [-0.4, -0.2) is 55.7 Å². The Morgan fingerprint density at radius 3 is 2.33 bits per heavy atom. The van der Waals surface area contributed by atoms with Crippen LogP contribution in [0.3, 0.4) is 0 Å². The first-order chi connectivity index (χ1) is 14.4. The highest BCUT2D eigenvalue weighted by atomic mass is 35.5. The SMILES string of the molecule is COC(CN(C(=O)Cc1ccc(Cl)cc1)C1CC(=O)N(c2ccccc2)C1=O)OC. The molecule has 0 bridgehead atoms. The van der Waals surface area contributed by atoms with Crippen LogP contribution in [0.4, 0.5) is 5.69 Å². The van der Waals surface area contributed by atoms with E-state index < -0.39 is 18.2 Å². The average Bonchev–Trinajstić information content (AvgIpc) is 3.05. The fourth-order valence-electron chi connectivity index (χ4n) is 3.39. The number of methoxy groups -OCH3 is 2. The molecule has 1 fully saturated rings. The molecule has 8 heteroatoms. The summed E-state index contributed by atoms with van der Waals surface area (Å²) in [7, 11) is 2.90. The molecule has 3 rings (SSSR count). The van der Waals surface area contributed by atoms with Crippen LogP contribution in [0.5, 0.6) is 0 Å². The van der Waals surface area contributed by atoms with E-state index in [0.717, 1.165) is 10.5 Å². The molecule has 0 radical (unpaired) electrons. The molecule has 7 nitrogen and oxygen atoms in total. The number of ether oxygens (including phenoxy) is 2. The zero-order chi connectivity index (χ0) is 21.7. The molecule has 1 aliphatic rings. The van der Waals surface area contributed by atoms with Crippen molar-refractivity contribution in [3.8, 4) is 0 Å². The van der Waals surface area contributed by atoms with Crippen molar-refractivity contribution in [1.82, 2.24) is 4.90 Å². The van der Waals surface area contributed by atoms with Gasteiger partial charge in [0, 0.05) is 19.2 Å². The van der Waals surface area contributed by atoms with Gasteiger partial charge in [-0.15, -0.1) is 0 Å². The summed E-state index contributed by atoms with van der Waals surface area (Å²) in [6.07, 6.45) is -0.770. The number of halogens is 1. The van der Waals surface area contributed by atoms with Crippen LogP contribution >= 0.6 is 11.6 Å². The molecule has 158 valence electrons. The van der Waals surface area contributed by atoms with Gasteiger partial charge in [-0.05, 0) is 29.8 Å². The molecule has 3 amide bonds. The van der Waals surface area contributed by atoms with Gasteiger partial charge >= 0.3 is 0 Å². The van der Waals surface area contributed by atoms with Gasteiger partial charge in [-0.25, -0.2) is 4.90 Å². The Morgan fingerprint density at radius 1 is 1.10 bits per heavy atom. The quantitative estimate of drug-likeness (QED) is 0.475. The summed E-state index contributed by atoms with van der Waals surface area (Å²) in [5.74, 6) is -1.11. The molecule has 1 aliphatic heterocycles. The number of rotatable bonds is 8. The van der Waals surface area contributed by atoms with Crippen molar-refractivity contribution in [2.24, 2.45) is 0 Å². The van der Waals surface area contributed by atoms with Gasteiger partial charge < -0.3 is 14.4 Å². The van der Waals surface area contributed by atoms with Gasteiger partial charge in [0.25, 0.3) is 5.91 Å². The van der Waals surface area contributed by atoms with Crippen LogP contribution in [0, 0.1) is 0 Å². The van der Waals surface area contributed by atoms with E-state index in [-0.39, 0.29) is 31.2 Å². The van der Waals surface area contributed by atoms with Crippen LogP contribution in [0.1, 0.15) is 12.0 Å². The second kappa shape index (κ2) is 9.84. The van der Waals surface area contributed by atoms with Crippen molar-refractivity contribution < 1.29 is 23.9 Å². The number of benzene rings is 2. The highest BCUT2D eigenvalue weighted by molar-refractivity contribution is 6.30. The summed E-state index contributed by atoms with van der Waals surface area (Å²) in [4.78, 5) is 41.4. The standard InChI is InChI=1S/C22H23ClN2O5/c1-29-21(30-2)14-24(19(26)12-15-8-10-16(23)11-9-15)18-13-20(27)25(22(18)28)17-6-4-3-5-7-17/h3-11,18,21H,12-14H2,1-2H3. The molecule has 0 aliphatic carbocycles. The van der Waals surface area contributed by atoms with Crippen molar-refractivity contribution in [3.63, 3.8) is 0 Å². The molecule has 2 aromatic rings. The minimum absolute atomic E-state index is 0.0196. The maximum Gasteiger partial charge on any atom is 0.257 e. The Balaban J connectivity index is 1.86. The fraction of sp³-hybridized carbons (Fsp3) is 0.318. The summed E-state index contributed by atoms with van der Waals surface area (Å²) < 4.78 is 10.5. The number of hydrogen-bond donors (Lipinski definition) is 0. The molecular weight excluding hydrogens is 408 g/mol. The van der Waals surface area contributed by atoms with E-state index in [0.29, 0.717) is 10.7 Å². The first-order valence-electron chi connectivity index (χ1n) is 9.46. The van der Waals surface area contributed by atoms with Gasteiger partial charge in [-0.2, -0.15) is 0 Å². The zero-order valence-electron chi connectivity index (χ0n) is 16.8. The molecule has 30 heavy (non-hydrogen) atoms. The highest BCUT2D eigenvalue weighted by Gasteiger charge is 2.44. The lowest BCUT2D eigenvalue weighted by Gasteiger charge is -2.30. The predicted octanol–water partition coefficient (Wildman–Crippen LogP) is 2.66. The lowest BCUT2D eigenvalue weighted by molar-refractivity contribution is -0.152. The lowest BCUT2D eigenvalue weighted by Crippen LogP contribution is -2.49.